The molecule has 0 bridgehead atoms. The van der Waals surface area contributed by atoms with Crippen LogP contribution in [0.1, 0.15) is 13.8 Å². The zero-order valence-electron chi connectivity index (χ0n) is 7.99. The minimum absolute atomic E-state index is 0.331. The molecule has 0 aromatic carbocycles. The van der Waals surface area contributed by atoms with Gasteiger partial charge in [-0.3, -0.25) is 19.2 Å². The Morgan fingerprint density at radius 2 is 2.00 bits per heavy atom. The van der Waals surface area contributed by atoms with Crippen molar-refractivity contribution < 1.29 is 19.2 Å². The van der Waals surface area contributed by atoms with E-state index in [1.165, 1.54) is 13.8 Å². The molecule has 0 rings (SSSR count). The van der Waals surface area contributed by atoms with Crippen LogP contribution in [0.5, 0.6) is 0 Å². The number of nitrogens with one attached hydrogen (secondary N) is 2. The van der Waals surface area contributed by atoms with Crippen molar-refractivity contribution in [2.45, 2.75) is 19.9 Å². The third kappa shape index (κ3) is 5.95. The predicted octanol–water partition coefficient (Wildman–Crippen LogP) is -1.96. The molecule has 1 unspecified atom stereocenters. The maximum Gasteiger partial charge on any atom is 0.265 e. The molecule has 14 heavy (non-hydrogen) atoms. The van der Waals surface area contributed by atoms with Crippen molar-refractivity contribution in [3.63, 3.8) is 0 Å². The Morgan fingerprint density at radius 3 is 2.43 bits per heavy atom. The SMILES string of the molecule is CC(=O)NC(C)C(=O)NOCC(N)=O. The number of carbonyl (C=O) groups excluding carboxylic acids is 3. The van der Waals surface area contributed by atoms with E-state index in [2.05, 4.69) is 10.2 Å². The second-order valence-electron chi connectivity index (χ2n) is 2.64. The molecular formula is C7H13N3O4. The van der Waals surface area contributed by atoms with Crippen LogP contribution in [0.4, 0.5) is 0 Å². The van der Waals surface area contributed by atoms with Gasteiger partial charge in [0.2, 0.25) is 11.8 Å². The quantitative estimate of drug-likeness (QED) is 0.451. The van der Waals surface area contributed by atoms with Crippen LogP contribution in [0.2, 0.25) is 0 Å². The van der Waals surface area contributed by atoms with Crippen LogP contribution in [0.25, 0.3) is 0 Å². The van der Waals surface area contributed by atoms with Gasteiger partial charge in [-0.05, 0) is 6.92 Å². The summed E-state index contributed by atoms with van der Waals surface area (Å²) < 4.78 is 0. The second-order valence-corrected chi connectivity index (χ2v) is 2.64. The van der Waals surface area contributed by atoms with Gasteiger partial charge in [-0.25, -0.2) is 5.48 Å². The zero-order chi connectivity index (χ0) is 11.1. The Hall–Kier alpha value is -1.63. The lowest BCUT2D eigenvalue weighted by molar-refractivity contribution is -0.140. The molecule has 7 heteroatoms. The molecule has 0 aromatic heterocycles. The molecule has 0 heterocycles. The average molecular weight is 203 g/mol. The number of hydrogen-bond donors (Lipinski definition) is 3. The Balaban J connectivity index is 3.73. The Bertz CT molecular complexity index is 241. The lowest BCUT2D eigenvalue weighted by Gasteiger charge is -2.11. The molecule has 0 fully saturated rings. The minimum atomic E-state index is -0.722. The highest BCUT2D eigenvalue weighted by molar-refractivity contribution is 5.85. The summed E-state index contributed by atoms with van der Waals surface area (Å²) in [4.78, 5) is 36.2. The van der Waals surface area contributed by atoms with E-state index < -0.39 is 24.5 Å². The van der Waals surface area contributed by atoms with Gasteiger partial charge >= 0.3 is 0 Å². The number of primary amides is 1. The van der Waals surface area contributed by atoms with Gasteiger partial charge in [0.05, 0.1) is 0 Å². The molecule has 0 aromatic rings. The van der Waals surface area contributed by atoms with E-state index in [-0.39, 0.29) is 5.91 Å². The molecule has 1 atom stereocenters. The van der Waals surface area contributed by atoms with E-state index in [9.17, 15) is 14.4 Å². The van der Waals surface area contributed by atoms with Crippen molar-refractivity contribution in [3.05, 3.63) is 0 Å². The number of nitrogens with two attached hydrogens (primary N) is 1. The van der Waals surface area contributed by atoms with Crippen LogP contribution in [-0.4, -0.2) is 30.4 Å². The van der Waals surface area contributed by atoms with Crippen LogP contribution >= 0.6 is 0 Å². The first-order valence-corrected chi connectivity index (χ1v) is 3.90. The summed E-state index contributed by atoms with van der Waals surface area (Å²) in [7, 11) is 0. The monoisotopic (exact) mass is 203 g/mol. The van der Waals surface area contributed by atoms with Crippen molar-refractivity contribution >= 4 is 17.7 Å². The molecule has 0 saturated carbocycles. The molecule has 80 valence electrons. The van der Waals surface area contributed by atoms with Crippen molar-refractivity contribution in [1.29, 1.82) is 0 Å². The van der Waals surface area contributed by atoms with Crippen LogP contribution in [-0.2, 0) is 19.2 Å². The molecule has 0 radical (unpaired) electrons. The molecule has 0 spiro atoms. The first-order valence-electron chi connectivity index (χ1n) is 3.90. The number of amides is 3. The van der Waals surface area contributed by atoms with Crippen molar-refractivity contribution in [2.75, 3.05) is 6.61 Å². The van der Waals surface area contributed by atoms with Crippen molar-refractivity contribution in [3.8, 4) is 0 Å². The van der Waals surface area contributed by atoms with E-state index in [0.717, 1.165) is 0 Å². The Labute approximate surface area is 80.9 Å². The smallest absolute Gasteiger partial charge is 0.265 e. The highest BCUT2D eigenvalue weighted by Gasteiger charge is 2.13. The van der Waals surface area contributed by atoms with E-state index in [1.54, 1.807) is 0 Å². The summed E-state index contributed by atoms with van der Waals surface area (Å²) in [6, 6.07) is -0.722. The number of carbonyl (C=O) groups is 3. The van der Waals surface area contributed by atoms with Crippen LogP contribution < -0.4 is 16.5 Å². The van der Waals surface area contributed by atoms with E-state index in [0.29, 0.717) is 0 Å². The number of rotatable bonds is 5. The third-order valence-electron chi connectivity index (χ3n) is 1.20. The normalized spacial score (nSPS) is 11.6. The summed E-state index contributed by atoms with van der Waals surface area (Å²) >= 11 is 0. The largest absolute Gasteiger partial charge is 0.368 e. The second kappa shape index (κ2) is 5.92. The number of hydroxylamine groups is 1. The molecule has 0 aliphatic rings. The van der Waals surface area contributed by atoms with Gasteiger partial charge in [0.1, 0.15) is 6.04 Å². The average Bonchev–Trinajstić information content (AvgIpc) is 2.01. The molecular weight excluding hydrogens is 190 g/mol. The van der Waals surface area contributed by atoms with Crippen LogP contribution in [0.15, 0.2) is 0 Å². The molecule has 0 aliphatic heterocycles. The number of hydrogen-bond acceptors (Lipinski definition) is 4. The fourth-order valence-electron chi connectivity index (χ4n) is 0.637. The van der Waals surface area contributed by atoms with Gasteiger partial charge < -0.3 is 11.1 Å². The summed E-state index contributed by atoms with van der Waals surface area (Å²) in [6.07, 6.45) is 0. The molecule has 0 aliphatic carbocycles. The highest BCUT2D eigenvalue weighted by atomic mass is 16.7. The molecule has 7 nitrogen and oxygen atoms in total. The van der Waals surface area contributed by atoms with Gasteiger partial charge in [-0.1, -0.05) is 0 Å². The predicted molar refractivity (Wildman–Crippen MR) is 46.6 cm³/mol. The highest BCUT2D eigenvalue weighted by Crippen LogP contribution is 1.81. The van der Waals surface area contributed by atoms with E-state index in [4.69, 9.17) is 5.73 Å². The van der Waals surface area contributed by atoms with Crippen molar-refractivity contribution in [1.82, 2.24) is 10.8 Å². The molecule has 3 amide bonds. The van der Waals surface area contributed by atoms with Gasteiger partial charge in [0.15, 0.2) is 6.61 Å². The third-order valence-corrected chi connectivity index (χ3v) is 1.20. The lowest BCUT2D eigenvalue weighted by atomic mass is 10.3. The van der Waals surface area contributed by atoms with Gasteiger partial charge in [0, 0.05) is 6.92 Å². The van der Waals surface area contributed by atoms with Crippen LogP contribution in [0.3, 0.4) is 0 Å². The maximum atomic E-state index is 11.1. The summed E-state index contributed by atoms with van der Waals surface area (Å²) in [6.45, 7) is 2.36. The summed E-state index contributed by atoms with van der Waals surface area (Å²) in [5, 5.41) is 2.33. The Morgan fingerprint density at radius 1 is 1.43 bits per heavy atom. The first-order chi connectivity index (χ1) is 6.43. The Kier molecular flexibility index (Phi) is 5.23. The topological polar surface area (TPSA) is 111 Å². The van der Waals surface area contributed by atoms with Crippen molar-refractivity contribution in [2.24, 2.45) is 5.73 Å². The minimum Gasteiger partial charge on any atom is -0.368 e. The van der Waals surface area contributed by atoms with E-state index in [1.807, 2.05) is 5.48 Å². The standard InChI is InChI=1S/C7H13N3O4/c1-4(9-5(2)11)7(13)10-14-3-6(8)12/h4H,3H2,1-2H3,(H2,8,12)(H,9,11)(H,10,13). The fourth-order valence-corrected chi connectivity index (χ4v) is 0.637. The fraction of sp³-hybridized carbons (Fsp3) is 0.571. The van der Waals surface area contributed by atoms with E-state index >= 15 is 0 Å². The van der Waals surface area contributed by atoms with Gasteiger partial charge in [0.25, 0.3) is 5.91 Å². The van der Waals surface area contributed by atoms with Crippen LogP contribution in [0, 0.1) is 0 Å². The first kappa shape index (κ1) is 12.4. The van der Waals surface area contributed by atoms with Gasteiger partial charge in [-0.2, -0.15) is 0 Å². The summed E-state index contributed by atoms with van der Waals surface area (Å²) in [5.74, 6) is -1.58. The maximum absolute atomic E-state index is 11.1. The summed E-state index contributed by atoms with van der Waals surface area (Å²) in [5.41, 5.74) is 6.72. The molecule has 0 saturated heterocycles. The zero-order valence-corrected chi connectivity index (χ0v) is 7.99. The molecule has 4 N–H and O–H groups in total. The lowest BCUT2D eigenvalue weighted by Crippen LogP contribution is -2.44. The van der Waals surface area contributed by atoms with Gasteiger partial charge in [-0.15, -0.1) is 0 Å².